The lowest BCUT2D eigenvalue weighted by Crippen LogP contribution is -2.39. The van der Waals surface area contributed by atoms with E-state index in [0.29, 0.717) is 23.5 Å². The molecule has 0 amide bonds. The maximum absolute atomic E-state index is 13.2. The molecule has 2 aromatic rings. The van der Waals surface area contributed by atoms with Crippen LogP contribution in [-0.2, 0) is 7.05 Å². The Morgan fingerprint density at radius 3 is 2.68 bits per heavy atom. The molecule has 19 heavy (non-hydrogen) atoms. The molecule has 0 spiro atoms. The van der Waals surface area contributed by atoms with E-state index in [-0.39, 0.29) is 12.8 Å². The van der Waals surface area contributed by atoms with Crippen molar-refractivity contribution in [2.24, 2.45) is 7.05 Å². The topological polar surface area (TPSA) is 34.0 Å². The van der Waals surface area contributed by atoms with Gasteiger partial charge in [0.25, 0.3) is 5.92 Å². The SMILES string of the molecule is Cn1cc2cc(Br)nc(N3CCC(F)(F)CC3)c2n1. The van der Waals surface area contributed by atoms with Gasteiger partial charge >= 0.3 is 0 Å². The van der Waals surface area contributed by atoms with Crippen LogP contribution in [0.25, 0.3) is 10.9 Å². The van der Waals surface area contributed by atoms with Gasteiger partial charge in [-0.2, -0.15) is 5.10 Å². The Bertz CT molecular complexity index is 615. The van der Waals surface area contributed by atoms with Gasteiger partial charge in [-0.15, -0.1) is 0 Å². The fraction of sp³-hybridized carbons (Fsp3) is 0.500. The number of pyridine rings is 1. The molecule has 1 aliphatic heterocycles. The summed E-state index contributed by atoms with van der Waals surface area (Å²) in [6.45, 7) is 0.615. The molecule has 0 aromatic carbocycles. The predicted molar refractivity (Wildman–Crippen MR) is 72.6 cm³/mol. The number of piperidine rings is 1. The molecule has 102 valence electrons. The summed E-state index contributed by atoms with van der Waals surface area (Å²) < 4.78 is 28.8. The van der Waals surface area contributed by atoms with Crippen molar-refractivity contribution in [3.8, 4) is 0 Å². The molecular weight excluding hydrogens is 318 g/mol. The zero-order valence-corrected chi connectivity index (χ0v) is 12.0. The molecule has 1 saturated heterocycles. The quantitative estimate of drug-likeness (QED) is 0.754. The predicted octanol–water partition coefficient (Wildman–Crippen LogP) is 2.97. The Kier molecular flexibility index (Phi) is 2.96. The number of alkyl halides is 2. The summed E-state index contributed by atoms with van der Waals surface area (Å²) in [4.78, 5) is 6.29. The largest absolute Gasteiger partial charge is 0.354 e. The van der Waals surface area contributed by atoms with Gasteiger partial charge < -0.3 is 4.90 Å². The highest BCUT2D eigenvalue weighted by Crippen LogP contribution is 2.33. The standard InChI is InChI=1S/C12H13BrF2N4/c1-18-7-8-6-9(13)16-11(10(8)17-18)19-4-2-12(14,15)3-5-19/h6-7H,2-5H2,1H3. The summed E-state index contributed by atoms with van der Waals surface area (Å²) in [5.41, 5.74) is 0.760. The van der Waals surface area contributed by atoms with Crippen molar-refractivity contribution >= 4 is 32.7 Å². The summed E-state index contributed by atoms with van der Waals surface area (Å²) in [7, 11) is 1.84. The van der Waals surface area contributed by atoms with E-state index in [2.05, 4.69) is 26.0 Å². The smallest absolute Gasteiger partial charge is 0.251 e. The highest BCUT2D eigenvalue weighted by Gasteiger charge is 2.35. The average Bonchev–Trinajstić information content (AvgIpc) is 2.68. The van der Waals surface area contributed by atoms with Crippen LogP contribution in [-0.4, -0.2) is 33.8 Å². The molecular formula is C12H13BrF2N4. The van der Waals surface area contributed by atoms with Gasteiger partial charge in [-0.1, -0.05) is 0 Å². The van der Waals surface area contributed by atoms with Crippen LogP contribution in [0.3, 0.4) is 0 Å². The highest BCUT2D eigenvalue weighted by molar-refractivity contribution is 9.10. The third kappa shape index (κ3) is 2.43. The molecule has 0 radical (unpaired) electrons. The third-order valence-electron chi connectivity index (χ3n) is 3.35. The Labute approximate surface area is 117 Å². The second-order valence-electron chi connectivity index (χ2n) is 4.85. The molecule has 0 bridgehead atoms. The van der Waals surface area contributed by atoms with Crippen molar-refractivity contribution in [2.45, 2.75) is 18.8 Å². The van der Waals surface area contributed by atoms with Crippen LogP contribution in [0.2, 0.25) is 0 Å². The number of nitrogens with zero attached hydrogens (tertiary/aromatic N) is 4. The maximum atomic E-state index is 13.2. The van der Waals surface area contributed by atoms with E-state index >= 15 is 0 Å². The van der Waals surface area contributed by atoms with E-state index in [1.54, 1.807) is 4.68 Å². The molecule has 1 fully saturated rings. The zero-order chi connectivity index (χ0) is 13.6. The second kappa shape index (κ2) is 4.40. The van der Waals surface area contributed by atoms with E-state index in [9.17, 15) is 8.78 Å². The van der Waals surface area contributed by atoms with Crippen molar-refractivity contribution < 1.29 is 8.78 Å². The van der Waals surface area contributed by atoms with Crippen molar-refractivity contribution in [2.75, 3.05) is 18.0 Å². The molecule has 7 heteroatoms. The molecule has 2 aromatic heterocycles. The molecule has 4 nitrogen and oxygen atoms in total. The molecule has 1 aliphatic rings. The van der Waals surface area contributed by atoms with Crippen LogP contribution in [0.5, 0.6) is 0 Å². The first-order valence-corrected chi connectivity index (χ1v) is 6.87. The Hall–Kier alpha value is -1.24. The molecule has 3 heterocycles. The molecule has 0 saturated carbocycles. The van der Waals surface area contributed by atoms with Crippen molar-refractivity contribution in [1.82, 2.24) is 14.8 Å². The number of halogens is 3. The Balaban J connectivity index is 2.00. The number of aryl methyl sites for hydroxylation is 1. The first-order chi connectivity index (χ1) is 8.94. The maximum Gasteiger partial charge on any atom is 0.251 e. The van der Waals surface area contributed by atoms with Gasteiger partial charge in [0.05, 0.1) is 0 Å². The number of hydrogen-bond acceptors (Lipinski definition) is 3. The lowest BCUT2D eigenvalue weighted by atomic mass is 10.1. The lowest BCUT2D eigenvalue weighted by molar-refractivity contribution is -0.0221. The highest BCUT2D eigenvalue weighted by atomic mass is 79.9. The molecule has 0 unspecified atom stereocenters. The van der Waals surface area contributed by atoms with E-state index in [0.717, 1.165) is 10.9 Å². The summed E-state index contributed by atoms with van der Waals surface area (Å²) in [6.07, 6.45) is 1.63. The Morgan fingerprint density at radius 2 is 2.00 bits per heavy atom. The van der Waals surface area contributed by atoms with Crippen LogP contribution in [0.4, 0.5) is 14.6 Å². The van der Waals surface area contributed by atoms with E-state index in [4.69, 9.17) is 0 Å². The molecule has 3 rings (SSSR count). The molecule has 0 atom stereocenters. The van der Waals surface area contributed by atoms with Crippen molar-refractivity contribution in [3.63, 3.8) is 0 Å². The summed E-state index contributed by atoms with van der Waals surface area (Å²) in [6, 6.07) is 1.88. The van der Waals surface area contributed by atoms with Crippen LogP contribution < -0.4 is 4.90 Å². The summed E-state index contributed by atoms with van der Waals surface area (Å²) >= 11 is 3.36. The number of hydrogen-bond donors (Lipinski definition) is 0. The van der Waals surface area contributed by atoms with E-state index in [1.165, 1.54) is 0 Å². The third-order valence-corrected chi connectivity index (χ3v) is 3.76. The Morgan fingerprint density at radius 1 is 1.32 bits per heavy atom. The first kappa shape index (κ1) is 12.8. The van der Waals surface area contributed by atoms with Gasteiger partial charge in [0.2, 0.25) is 0 Å². The number of fused-ring (bicyclic) bond motifs is 1. The van der Waals surface area contributed by atoms with E-state index in [1.807, 2.05) is 24.2 Å². The minimum Gasteiger partial charge on any atom is -0.354 e. The zero-order valence-electron chi connectivity index (χ0n) is 10.4. The summed E-state index contributed by atoms with van der Waals surface area (Å²) in [5, 5.41) is 5.33. The average molecular weight is 331 g/mol. The van der Waals surface area contributed by atoms with E-state index < -0.39 is 5.92 Å². The molecule has 0 aliphatic carbocycles. The second-order valence-corrected chi connectivity index (χ2v) is 5.66. The first-order valence-electron chi connectivity index (χ1n) is 6.07. The van der Waals surface area contributed by atoms with Gasteiger partial charge in [0.1, 0.15) is 10.1 Å². The normalized spacial score (nSPS) is 19.1. The van der Waals surface area contributed by atoms with Gasteiger partial charge in [-0.05, 0) is 22.0 Å². The van der Waals surface area contributed by atoms with Gasteiger partial charge in [-0.25, -0.2) is 13.8 Å². The monoisotopic (exact) mass is 330 g/mol. The number of anilines is 1. The van der Waals surface area contributed by atoms with Crippen LogP contribution in [0, 0.1) is 0 Å². The van der Waals surface area contributed by atoms with Gasteiger partial charge in [-0.3, -0.25) is 4.68 Å². The summed E-state index contributed by atoms with van der Waals surface area (Å²) in [5.74, 6) is -1.87. The van der Waals surface area contributed by atoms with Gasteiger partial charge in [0.15, 0.2) is 5.82 Å². The molecule has 0 N–H and O–H groups in total. The van der Waals surface area contributed by atoms with Crippen LogP contribution >= 0.6 is 15.9 Å². The fourth-order valence-electron chi connectivity index (χ4n) is 2.37. The number of aromatic nitrogens is 3. The van der Waals surface area contributed by atoms with Crippen LogP contribution in [0.1, 0.15) is 12.8 Å². The van der Waals surface area contributed by atoms with Crippen molar-refractivity contribution in [1.29, 1.82) is 0 Å². The van der Waals surface area contributed by atoms with Crippen LogP contribution in [0.15, 0.2) is 16.9 Å². The fourth-order valence-corrected chi connectivity index (χ4v) is 2.78. The lowest BCUT2D eigenvalue weighted by Gasteiger charge is -2.32. The number of rotatable bonds is 1. The minimum absolute atomic E-state index is 0.129. The van der Waals surface area contributed by atoms with Crippen molar-refractivity contribution in [3.05, 3.63) is 16.9 Å². The van der Waals surface area contributed by atoms with Gasteiger partial charge in [0, 0.05) is 44.6 Å². The minimum atomic E-state index is -2.55.